The van der Waals surface area contributed by atoms with Crippen LogP contribution in [0.4, 0.5) is 5.13 Å². The lowest BCUT2D eigenvalue weighted by Gasteiger charge is -2.53. The van der Waals surface area contributed by atoms with Crippen molar-refractivity contribution in [1.29, 1.82) is 0 Å². The maximum Gasteiger partial charge on any atom is 0.223 e. The molecule has 1 saturated carbocycles. The minimum Gasteiger partial charge on any atom is -0.392 e. The van der Waals surface area contributed by atoms with Crippen molar-refractivity contribution in [2.75, 3.05) is 45.1 Å². The lowest BCUT2D eigenvalue weighted by atomic mass is 9.53. The summed E-state index contributed by atoms with van der Waals surface area (Å²) in [7, 11) is 0. The fourth-order valence-electron chi connectivity index (χ4n) is 6.08. The van der Waals surface area contributed by atoms with Crippen LogP contribution in [0.15, 0.2) is 0 Å². The molecule has 1 aliphatic heterocycles. The number of fused-ring (bicyclic) bond motifs is 2. The molecule has 0 bridgehead atoms. The van der Waals surface area contributed by atoms with E-state index in [0.29, 0.717) is 11.7 Å². The number of nitrogens with two attached hydrogens (primary N) is 1. The molecular formula is C22H36N4O3S. The van der Waals surface area contributed by atoms with Crippen molar-refractivity contribution >= 4 is 22.4 Å². The summed E-state index contributed by atoms with van der Waals surface area (Å²) < 4.78 is 5.37. The van der Waals surface area contributed by atoms with Crippen molar-refractivity contribution in [3.05, 3.63) is 10.6 Å². The number of amides is 1. The zero-order valence-corrected chi connectivity index (χ0v) is 19.2. The fourth-order valence-corrected chi connectivity index (χ4v) is 7.22. The van der Waals surface area contributed by atoms with Gasteiger partial charge in [-0.2, -0.15) is 0 Å². The van der Waals surface area contributed by atoms with Gasteiger partial charge in [0.1, 0.15) is 0 Å². The zero-order valence-electron chi connectivity index (χ0n) is 18.4. The van der Waals surface area contributed by atoms with E-state index in [1.807, 2.05) is 6.92 Å². The van der Waals surface area contributed by atoms with Crippen LogP contribution in [0.3, 0.4) is 0 Å². The predicted molar refractivity (Wildman–Crippen MR) is 118 cm³/mol. The predicted octanol–water partition coefficient (Wildman–Crippen LogP) is 1.86. The Labute approximate surface area is 183 Å². The SMILES string of the molecule is CC(C(=O)NCCN1CCOCC1)C1CCC2(C)Cc3sc(N)nc3C(C)C2C1O. The van der Waals surface area contributed by atoms with Crippen LogP contribution in [0.1, 0.15) is 50.1 Å². The molecule has 0 aromatic carbocycles. The molecule has 1 aromatic rings. The highest BCUT2D eigenvalue weighted by Gasteiger charge is 2.53. The summed E-state index contributed by atoms with van der Waals surface area (Å²) in [5, 5.41) is 15.1. The summed E-state index contributed by atoms with van der Waals surface area (Å²) in [5.41, 5.74) is 7.08. The Morgan fingerprint density at radius 2 is 2.20 bits per heavy atom. The van der Waals surface area contributed by atoms with E-state index in [-0.39, 0.29) is 35.0 Å². The number of rotatable bonds is 5. The van der Waals surface area contributed by atoms with Crippen LogP contribution in [0.25, 0.3) is 0 Å². The molecule has 1 aromatic heterocycles. The van der Waals surface area contributed by atoms with Gasteiger partial charge < -0.3 is 20.9 Å². The summed E-state index contributed by atoms with van der Waals surface area (Å²) in [6.07, 6.45) is 2.32. The summed E-state index contributed by atoms with van der Waals surface area (Å²) in [6, 6.07) is 0. The molecule has 4 rings (SSSR count). The van der Waals surface area contributed by atoms with E-state index in [1.54, 1.807) is 11.3 Å². The third kappa shape index (κ3) is 4.11. The molecule has 2 fully saturated rings. The van der Waals surface area contributed by atoms with Crippen LogP contribution in [-0.4, -0.2) is 66.4 Å². The number of anilines is 1. The molecule has 0 spiro atoms. The van der Waals surface area contributed by atoms with Gasteiger partial charge in [-0.1, -0.05) is 20.8 Å². The number of hydrogen-bond acceptors (Lipinski definition) is 7. The fraction of sp³-hybridized carbons (Fsp3) is 0.818. The van der Waals surface area contributed by atoms with Crippen LogP contribution in [-0.2, 0) is 16.0 Å². The average molecular weight is 437 g/mol. The maximum absolute atomic E-state index is 12.9. The molecule has 4 N–H and O–H groups in total. The first-order valence-electron chi connectivity index (χ1n) is 11.3. The topological polar surface area (TPSA) is 101 Å². The molecule has 1 amide bonds. The normalized spacial score (nSPS) is 35.3. The molecular weight excluding hydrogens is 400 g/mol. The molecule has 2 heterocycles. The van der Waals surface area contributed by atoms with E-state index in [2.05, 4.69) is 29.0 Å². The Morgan fingerprint density at radius 1 is 1.47 bits per heavy atom. The maximum atomic E-state index is 12.9. The van der Waals surface area contributed by atoms with E-state index in [9.17, 15) is 9.90 Å². The summed E-state index contributed by atoms with van der Waals surface area (Å²) in [6.45, 7) is 11.3. The molecule has 3 aliphatic rings. The molecule has 168 valence electrons. The smallest absolute Gasteiger partial charge is 0.223 e. The van der Waals surface area contributed by atoms with Crippen molar-refractivity contribution in [3.8, 4) is 0 Å². The number of carbonyl (C=O) groups excluding carboxylic acids is 1. The van der Waals surface area contributed by atoms with Crippen molar-refractivity contribution < 1.29 is 14.6 Å². The quantitative estimate of drug-likeness (QED) is 0.651. The van der Waals surface area contributed by atoms with Gasteiger partial charge in [0.05, 0.1) is 25.0 Å². The molecule has 2 aliphatic carbocycles. The van der Waals surface area contributed by atoms with Gasteiger partial charge in [0.2, 0.25) is 5.91 Å². The molecule has 0 radical (unpaired) electrons. The van der Waals surface area contributed by atoms with E-state index in [1.165, 1.54) is 4.88 Å². The number of thiazole rings is 1. The number of nitrogen functional groups attached to an aromatic ring is 1. The number of nitrogens with zero attached hydrogens (tertiary/aromatic N) is 2. The second-order valence-electron chi connectivity index (χ2n) is 9.73. The van der Waals surface area contributed by atoms with Crippen molar-refractivity contribution in [2.24, 2.45) is 23.2 Å². The van der Waals surface area contributed by atoms with Gasteiger partial charge in [-0.25, -0.2) is 4.98 Å². The van der Waals surface area contributed by atoms with Crippen LogP contribution in [0, 0.1) is 23.2 Å². The van der Waals surface area contributed by atoms with Gasteiger partial charge in [0.15, 0.2) is 5.13 Å². The number of nitrogens with one attached hydrogen (secondary N) is 1. The second kappa shape index (κ2) is 8.73. The van der Waals surface area contributed by atoms with Crippen LogP contribution in [0.2, 0.25) is 0 Å². The summed E-state index contributed by atoms with van der Waals surface area (Å²) >= 11 is 1.59. The van der Waals surface area contributed by atoms with Gasteiger partial charge in [0, 0.05) is 42.9 Å². The van der Waals surface area contributed by atoms with Crippen LogP contribution in [0.5, 0.6) is 0 Å². The molecule has 30 heavy (non-hydrogen) atoms. The lowest BCUT2D eigenvalue weighted by molar-refractivity contribution is -0.134. The molecule has 6 atom stereocenters. The number of morpholine rings is 1. The van der Waals surface area contributed by atoms with Crippen molar-refractivity contribution in [2.45, 2.75) is 52.1 Å². The molecule has 1 saturated heterocycles. The Kier molecular flexibility index (Phi) is 6.40. The third-order valence-electron chi connectivity index (χ3n) is 7.83. The van der Waals surface area contributed by atoms with E-state index in [4.69, 9.17) is 10.5 Å². The minimum absolute atomic E-state index is 0.0218. The average Bonchev–Trinajstić information content (AvgIpc) is 3.08. The summed E-state index contributed by atoms with van der Waals surface area (Å²) in [5.74, 6) is 0.0864. The molecule has 7 nitrogen and oxygen atoms in total. The standard InChI is InChI=1S/C22H36N4O3S/c1-13(20(28)24-6-7-26-8-10-29-11-9-26)15-4-5-22(3)12-16-18(25-21(23)30-16)14(2)17(22)19(15)27/h13-15,17,19,27H,4-12H2,1-3H3,(H2,23,25)(H,24,28). The Balaban J connectivity index is 1.39. The number of ether oxygens (including phenoxy) is 1. The number of aliphatic hydroxyl groups excluding tert-OH is 1. The molecule has 6 unspecified atom stereocenters. The molecule has 8 heteroatoms. The van der Waals surface area contributed by atoms with Crippen LogP contribution >= 0.6 is 11.3 Å². The highest BCUT2D eigenvalue weighted by atomic mass is 32.1. The first-order valence-corrected chi connectivity index (χ1v) is 12.1. The summed E-state index contributed by atoms with van der Waals surface area (Å²) in [4.78, 5) is 21.0. The number of hydrogen-bond donors (Lipinski definition) is 3. The third-order valence-corrected chi connectivity index (χ3v) is 8.73. The van der Waals surface area contributed by atoms with E-state index < -0.39 is 6.10 Å². The Morgan fingerprint density at radius 3 is 2.93 bits per heavy atom. The second-order valence-corrected chi connectivity index (χ2v) is 10.8. The first-order chi connectivity index (χ1) is 14.3. The lowest BCUT2D eigenvalue weighted by Crippen LogP contribution is -2.53. The van der Waals surface area contributed by atoms with Gasteiger partial charge in [-0.3, -0.25) is 9.69 Å². The van der Waals surface area contributed by atoms with Crippen molar-refractivity contribution in [3.63, 3.8) is 0 Å². The number of carbonyl (C=O) groups is 1. The van der Waals surface area contributed by atoms with Gasteiger partial charge in [-0.15, -0.1) is 11.3 Å². The largest absolute Gasteiger partial charge is 0.392 e. The van der Waals surface area contributed by atoms with Gasteiger partial charge >= 0.3 is 0 Å². The first kappa shape index (κ1) is 22.0. The van der Waals surface area contributed by atoms with E-state index >= 15 is 0 Å². The van der Waals surface area contributed by atoms with E-state index in [0.717, 1.165) is 57.8 Å². The number of aliphatic hydroxyl groups is 1. The highest BCUT2D eigenvalue weighted by molar-refractivity contribution is 7.15. The van der Waals surface area contributed by atoms with Crippen LogP contribution < -0.4 is 11.1 Å². The Bertz CT molecular complexity index is 766. The monoisotopic (exact) mass is 436 g/mol. The minimum atomic E-state index is -0.505. The van der Waals surface area contributed by atoms with Gasteiger partial charge in [-0.05, 0) is 36.5 Å². The zero-order chi connectivity index (χ0) is 21.5. The number of aromatic nitrogens is 1. The van der Waals surface area contributed by atoms with Gasteiger partial charge in [0.25, 0.3) is 0 Å². The van der Waals surface area contributed by atoms with Crippen molar-refractivity contribution in [1.82, 2.24) is 15.2 Å². The highest BCUT2D eigenvalue weighted by Crippen LogP contribution is 2.57. The Hall–Kier alpha value is -1.22.